The lowest BCUT2D eigenvalue weighted by Gasteiger charge is -2.20. The van der Waals surface area contributed by atoms with Crippen LogP contribution in [-0.4, -0.2) is 30.8 Å². The summed E-state index contributed by atoms with van der Waals surface area (Å²) in [7, 11) is -3.53. The zero-order chi connectivity index (χ0) is 14.6. The highest BCUT2D eigenvalue weighted by Crippen LogP contribution is 2.23. The number of sulfonamides is 1. The average molecular weight is 348 g/mol. The third-order valence-electron chi connectivity index (χ3n) is 2.77. The highest BCUT2D eigenvalue weighted by Gasteiger charge is 2.26. The lowest BCUT2D eigenvalue weighted by Crippen LogP contribution is -2.34. The predicted molar refractivity (Wildman–Crippen MR) is 87.2 cm³/mol. The third kappa shape index (κ3) is 4.49. The summed E-state index contributed by atoms with van der Waals surface area (Å²) in [5, 5.41) is 0.732. The molecule has 116 valence electrons. The summed E-state index contributed by atoms with van der Waals surface area (Å²) in [4.78, 5) is 4.01. The van der Waals surface area contributed by atoms with E-state index in [1.807, 2.05) is 30.3 Å². The van der Waals surface area contributed by atoms with Crippen molar-refractivity contribution in [2.24, 2.45) is 5.73 Å². The normalized spacial score (nSPS) is 11.4. The third-order valence-corrected chi connectivity index (χ3v) is 5.97. The van der Waals surface area contributed by atoms with E-state index in [0.717, 1.165) is 10.6 Å². The van der Waals surface area contributed by atoms with Crippen LogP contribution in [0.4, 0.5) is 0 Å². The van der Waals surface area contributed by atoms with Gasteiger partial charge in [-0.2, -0.15) is 4.31 Å². The summed E-state index contributed by atoms with van der Waals surface area (Å²) in [5.41, 5.74) is 6.48. The molecular weight excluding hydrogens is 330 g/mol. The number of nitrogens with two attached hydrogens (primary N) is 1. The van der Waals surface area contributed by atoms with Gasteiger partial charge in [-0.3, -0.25) is 0 Å². The monoisotopic (exact) mass is 347 g/mol. The van der Waals surface area contributed by atoms with E-state index in [-0.39, 0.29) is 29.7 Å². The summed E-state index contributed by atoms with van der Waals surface area (Å²) < 4.78 is 26.8. The maximum Gasteiger partial charge on any atom is 0.254 e. The molecule has 0 bridgehead atoms. The Morgan fingerprint density at radius 1 is 1.29 bits per heavy atom. The van der Waals surface area contributed by atoms with E-state index in [2.05, 4.69) is 4.98 Å². The predicted octanol–water partition coefficient (Wildman–Crippen LogP) is 2.02. The van der Waals surface area contributed by atoms with Crippen LogP contribution < -0.4 is 5.73 Å². The van der Waals surface area contributed by atoms with Gasteiger partial charge in [0.1, 0.15) is 0 Å². The Bertz CT molecular complexity index is 659. The Balaban J connectivity index is 0.00000220. The lowest BCUT2D eigenvalue weighted by atomic mass is 10.2. The van der Waals surface area contributed by atoms with Crippen molar-refractivity contribution in [2.75, 3.05) is 13.1 Å². The Hall–Kier alpha value is -0.990. The molecule has 2 N–H and O–H groups in total. The molecule has 0 atom stereocenters. The molecule has 0 amide bonds. The summed E-state index contributed by atoms with van der Waals surface area (Å²) in [6.07, 6.45) is 1.41. The second-order valence-corrected chi connectivity index (χ2v) is 7.71. The number of hydrogen-bond acceptors (Lipinski definition) is 5. The molecule has 2 aromatic rings. The van der Waals surface area contributed by atoms with Gasteiger partial charge in [-0.15, -0.1) is 23.7 Å². The fourth-order valence-corrected chi connectivity index (χ4v) is 4.51. The van der Waals surface area contributed by atoms with Crippen molar-refractivity contribution in [1.82, 2.24) is 9.29 Å². The van der Waals surface area contributed by atoms with Crippen LogP contribution in [-0.2, 0) is 16.6 Å². The van der Waals surface area contributed by atoms with Gasteiger partial charge in [0.15, 0.2) is 4.21 Å². The maximum atomic E-state index is 12.6. The molecule has 21 heavy (non-hydrogen) atoms. The van der Waals surface area contributed by atoms with Gasteiger partial charge in [-0.25, -0.2) is 13.4 Å². The first-order valence-corrected chi connectivity index (χ1v) is 8.46. The molecule has 8 heteroatoms. The topological polar surface area (TPSA) is 76.3 Å². The molecular formula is C13H18ClN3O2S2. The fraction of sp³-hybridized carbons (Fsp3) is 0.308. The van der Waals surface area contributed by atoms with E-state index in [0.29, 0.717) is 6.54 Å². The molecule has 2 rings (SSSR count). The minimum absolute atomic E-state index is 0. The van der Waals surface area contributed by atoms with E-state index < -0.39 is 10.0 Å². The van der Waals surface area contributed by atoms with Gasteiger partial charge in [0.05, 0.1) is 11.2 Å². The molecule has 0 unspecified atom stereocenters. The molecule has 0 fully saturated rings. The van der Waals surface area contributed by atoms with E-state index in [1.165, 1.54) is 21.8 Å². The first-order chi connectivity index (χ1) is 9.54. The largest absolute Gasteiger partial charge is 0.329 e. The van der Waals surface area contributed by atoms with E-state index in [4.69, 9.17) is 5.73 Å². The van der Waals surface area contributed by atoms with Crippen molar-refractivity contribution in [3.63, 3.8) is 0 Å². The number of halogens is 1. The van der Waals surface area contributed by atoms with Crippen LogP contribution in [0.2, 0.25) is 0 Å². The molecule has 0 radical (unpaired) electrons. The van der Waals surface area contributed by atoms with Crippen molar-refractivity contribution in [3.05, 3.63) is 47.1 Å². The van der Waals surface area contributed by atoms with Crippen LogP contribution in [0, 0.1) is 6.92 Å². The smallest absolute Gasteiger partial charge is 0.254 e. The molecule has 1 aromatic heterocycles. The Morgan fingerprint density at radius 2 is 1.95 bits per heavy atom. The summed E-state index contributed by atoms with van der Waals surface area (Å²) in [6, 6.07) is 9.48. The van der Waals surface area contributed by atoms with Crippen LogP contribution in [0.15, 0.2) is 40.7 Å². The molecule has 5 nitrogen and oxygen atoms in total. The molecule has 0 saturated carbocycles. The molecule has 0 aliphatic heterocycles. The van der Waals surface area contributed by atoms with Crippen molar-refractivity contribution >= 4 is 33.8 Å². The first-order valence-electron chi connectivity index (χ1n) is 6.20. The number of hydrogen-bond donors (Lipinski definition) is 1. The SMILES string of the molecule is Cc1ncc(S(=O)(=O)N(CCN)Cc2ccccc2)s1.Cl. The van der Waals surface area contributed by atoms with Gasteiger partial charge in [-0.05, 0) is 12.5 Å². The highest BCUT2D eigenvalue weighted by molar-refractivity contribution is 7.91. The number of aryl methyl sites for hydroxylation is 1. The van der Waals surface area contributed by atoms with E-state index in [1.54, 1.807) is 6.92 Å². The van der Waals surface area contributed by atoms with Gasteiger partial charge < -0.3 is 5.73 Å². The van der Waals surface area contributed by atoms with Gasteiger partial charge in [-0.1, -0.05) is 30.3 Å². The summed E-state index contributed by atoms with van der Waals surface area (Å²) in [5.74, 6) is 0. The van der Waals surface area contributed by atoms with Crippen LogP contribution >= 0.6 is 23.7 Å². The summed E-state index contributed by atoms with van der Waals surface area (Å²) in [6.45, 7) is 2.67. The zero-order valence-corrected chi connectivity index (χ0v) is 14.0. The number of aromatic nitrogens is 1. The van der Waals surface area contributed by atoms with Crippen LogP contribution in [0.5, 0.6) is 0 Å². The quantitative estimate of drug-likeness (QED) is 0.867. The maximum absolute atomic E-state index is 12.6. The zero-order valence-electron chi connectivity index (χ0n) is 11.6. The molecule has 0 spiro atoms. The van der Waals surface area contributed by atoms with Crippen molar-refractivity contribution in [2.45, 2.75) is 17.7 Å². The lowest BCUT2D eigenvalue weighted by molar-refractivity contribution is 0.415. The minimum Gasteiger partial charge on any atom is -0.329 e. The number of benzene rings is 1. The van der Waals surface area contributed by atoms with Crippen LogP contribution in [0.3, 0.4) is 0 Å². The van der Waals surface area contributed by atoms with Gasteiger partial charge in [0.25, 0.3) is 10.0 Å². The Kier molecular flexibility index (Phi) is 6.76. The Morgan fingerprint density at radius 3 is 2.48 bits per heavy atom. The van der Waals surface area contributed by atoms with Crippen LogP contribution in [0.1, 0.15) is 10.6 Å². The minimum atomic E-state index is -3.53. The molecule has 1 heterocycles. The average Bonchev–Trinajstić information content (AvgIpc) is 2.87. The van der Waals surface area contributed by atoms with Gasteiger partial charge >= 0.3 is 0 Å². The molecule has 0 aliphatic rings. The second-order valence-electron chi connectivity index (χ2n) is 4.31. The number of nitrogens with zero attached hydrogens (tertiary/aromatic N) is 2. The number of rotatable bonds is 6. The van der Waals surface area contributed by atoms with Crippen molar-refractivity contribution in [3.8, 4) is 0 Å². The van der Waals surface area contributed by atoms with Crippen LogP contribution in [0.25, 0.3) is 0 Å². The standard InChI is InChI=1S/C13H17N3O2S2.ClH/c1-11-15-9-13(19-11)20(17,18)16(8-7-14)10-12-5-3-2-4-6-12;/h2-6,9H,7-8,10,14H2,1H3;1H. The van der Waals surface area contributed by atoms with Crippen molar-refractivity contribution in [1.29, 1.82) is 0 Å². The second kappa shape index (κ2) is 7.86. The van der Waals surface area contributed by atoms with Gasteiger partial charge in [0, 0.05) is 19.6 Å². The number of thiazole rings is 1. The Labute approximate surface area is 135 Å². The fourth-order valence-electron chi connectivity index (χ4n) is 1.80. The first kappa shape index (κ1) is 18.1. The highest BCUT2D eigenvalue weighted by atomic mass is 35.5. The summed E-state index contributed by atoms with van der Waals surface area (Å²) >= 11 is 1.18. The van der Waals surface area contributed by atoms with E-state index >= 15 is 0 Å². The van der Waals surface area contributed by atoms with E-state index in [9.17, 15) is 8.42 Å². The molecule has 0 saturated heterocycles. The molecule has 1 aromatic carbocycles. The molecule has 0 aliphatic carbocycles. The van der Waals surface area contributed by atoms with Crippen molar-refractivity contribution < 1.29 is 8.42 Å². The van der Waals surface area contributed by atoms with Gasteiger partial charge in [0.2, 0.25) is 0 Å².